The second-order valence-corrected chi connectivity index (χ2v) is 6.66. The molecule has 8 nitrogen and oxygen atoms in total. The van der Waals surface area contributed by atoms with Crippen LogP contribution in [0.3, 0.4) is 0 Å². The highest BCUT2D eigenvalue weighted by atomic mass is 16.5. The molecule has 0 radical (unpaired) electrons. The minimum absolute atomic E-state index is 0.149. The molecule has 154 valence electrons. The van der Waals surface area contributed by atoms with E-state index >= 15 is 0 Å². The molecule has 1 aromatic heterocycles. The van der Waals surface area contributed by atoms with E-state index in [-0.39, 0.29) is 11.8 Å². The quantitative estimate of drug-likeness (QED) is 0.831. The van der Waals surface area contributed by atoms with Crippen LogP contribution in [-0.2, 0) is 4.74 Å². The van der Waals surface area contributed by atoms with Crippen molar-refractivity contribution in [2.75, 3.05) is 45.8 Å². The van der Waals surface area contributed by atoms with Crippen molar-refractivity contribution < 1.29 is 23.8 Å². The van der Waals surface area contributed by atoms with E-state index in [1.54, 1.807) is 29.2 Å². The molecule has 0 spiro atoms. The first-order valence-electron chi connectivity index (χ1n) is 9.40. The summed E-state index contributed by atoms with van der Waals surface area (Å²) in [5, 5.41) is 2.80. The summed E-state index contributed by atoms with van der Waals surface area (Å²) in [4.78, 5) is 31.6. The zero-order valence-electron chi connectivity index (χ0n) is 16.9. The third kappa shape index (κ3) is 4.83. The van der Waals surface area contributed by atoms with Crippen LogP contribution in [-0.4, -0.2) is 62.2 Å². The number of benzene rings is 1. The first-order chi connectivity index (χ1) is 14.0. The van der Waals surface area contributed by atoms with Gasteiger partial charge in [0.15, 0.2) is 11.5 Å². The number of nitrogens with one attached hydrogen (secondary N) is 1. The third-order valence-corrected chi connectivity index (χ3v) is 4.66. The molecular weight excluding hydrogens is 374 g/mol. The highest BCUT2D eigenvalue weighted by molar-refractivity contribution is 6.06. The summed E-state index contributed by atoms with van der Waals surface area (Å²) in [6, 6.07) is 6.67. The smallest absolute Gasteiger partial charge is 0.257 e. The van der Waals surface area contributed by atoms with Gasteiger partial charge in [-0.2, -0.15) is 0 Å². The summed E-state index contributed by atoms with van der Waals surface area (Å²) >= 11 is 0. The Balaban J connectivity index is 1.92. The number of pyridine rings is 1. The van der Waals surface area contributed by atoms with Gasteiger partial charge >= 0.3 is 0 Å². The highest BCUT2D eigenvalue weighted by Crippen LogP contribution is 2.37. The largest absolute Gasteiger partial charge is 0.493 e. The normalized spacial score (nSPS) is 14.1. The standard InChI is InChI=1S/C21H25N3O5/c1-14-5-6-15(13-22-14)20(25)23-17-11-16(12-18(27-2)19(17)28-3)21(26)24-7-4-9-29-10-8-24/h5-6,11-13H,4,7-10H2,1-3H3,(H,23,25). The highest BCUT2D eigenvalue weighted by Gasteiger charge is 2.22. The van der Waals surface area contributed by atoms with Gasteiger partial charge in [-0.05, 0) is 37.6 Å². The van der Waals surface area contributed by atoms with Crippen LogP contribution in [0.5, 0.6) is 11.5 Å². The molecule has 0 unspecified atom stereocenters. The van der Waals surface area contributed by atoms with Gasteiger partial charge in [0.25, 0.3) is 11.8 Å². The summed E-state index contributed by atoms with van der Waals surface area (Å²) in [5.41, 5.74) is 1.97. The zero-order valence-corrected chi connectivity index (χ0v) is 16.9. The number of carbonyl (C=O) groups is 2. The van der Waals surface area contributed by atoms with Gasteiger partial charge in [0.2, 0.25) is 0 Å². The van der Waals surface area contributed by atoms with Crippen molar-refractivity contribution in [3.63, 3.8) is 0 Å². The van der Waals surface area contributed by atoms with Gasteiger partial charge in [-0.15, -0.1) is 0 Å². The number of amides is 2. The fourth-order valence-electron chi connectivity index (χ4n) is 3.11. The van der Waals surface area contributed by atoms with Gasteiger partial charge in [0, 0.05) is 37.2 Å². The van der Waals surface area contributed by atoms with Crippen molar-refractivity contribution >= 4 is 17.5 Å². The Kier molecular flexibility index (Phi) is 6.66. The number of anilines is 1. The topological polar surface area (TPSA) is 90.0 Å². The van der Waals surface area contributed by atoms with Crippen molar-refractivity contribution in [3.8, 4) is 11.5 Å². The number of rotatable bonds is 5. The molecule has 1 N–H and O–H groups in total. The maximum atomic E-state index is 13.0. The molecular formula is C21H25N3O5. The van der Waals surface area contributed by atoms with Gasteiger partial charge in [0.1, 0.15) is 0 Å². The second kappa shape index (κ2) is 9.38. The predicted octanol–water partition coefficient (Wildman–Crippen LogP) is 2.52. The Hall–Kier alpha value is -3.13. The van der Waals surface area contributed by atoms with Crippen LogP contribution in [0.25, 0.3) is 0 Å². The van der Waals surface area contributed by atoms with Crippen LogP contribution >= 0.6 is 0 Å². The van der Waals surface area contributed by atoms with E-state index in [1.807, 2.05) is 6.92 Å². The van der Waals surface area contributed by atoms with E-state index in [1.165, 1.54) is 20.4 Å². The molecule has 1 fully saturated rings. The summed E-state index contributed by atoms with van der Waals surface area (Å²) < 4.78 is 16.2. The molecule has 1 aliphatic rings. The van der Waals surface area contributed by atoms with Crippen LogP contribution in [0.2, 0.25) is 0 Å². The number of methoxy groups -OCH3 is 2. The lowest BCUT2D eigenvalue weighted by atomic mass is 10.1. The Morgan fingerprint density at radius 2 is 1.93 bits per heavy atom. The van der Waals surface area contributed by atoms with Crippen molar-refractivity contribution in [2.45, 2.75) is 13.3 Å². The van der Waals surface area contributed by atoms with Gasteiger partial charge in [-0.1, -0.05) is 0 Å². The molecule has 0 saturated carbocycles. The van der Waals surface area contributed by atoms with Gasteiger partial charge in [-0.25, -0.2) is 0 Å². The molecule has 8 heteroatoms. The fourth-order valence-corrected chi connectivity index (χ4v) is 3.11. The molecule has 0 aliphatic carbocycles. The maximum absolute atomic E-state index is 13.0. The number of hydrogen-bond acceptors (Lipinski definition) is 6. The van der Waals surface area contributed by atoms with E-state index in [4.69, 9.17) is 14.2 Å². The van der Waals surface area contributed by atoms with E-state index in [0.717, 1.165) is 12.1 Å². The molecule has 0 atom stereocenters. The lowest BCUT2D eigenvalue weighted by Gasteiger charge is -2.21. The lowest BCUT2D eigenvalue weighted by molar-refractivity contribution is 0.0740. The molecule has 2 aromatic rings. The van der Waals surface area contributed by atoms with Crippen LogP contribution in [0.15, 0.2) is 30.5 Å². The molecule has 3 rings (SSSR count). The number of ether oxygens (including phenoxy) is 3. The van der Waals surface area contributed by atoms with Crippen molar-refractivity contribution in [3.05, 3.63) is 47.3 Å². The molecule has 1 aromatic carbocycles. The van der Waals surface area contributed by atoms with E-state index in [2.05, 4.69) is 10.3 Å². The minimum atomic E-state index is -0.356. The van der Waals surface area contributed by atoms with E-state index in [0.29, 0.717) is 54.6 Å². The fraction of sp³-hybridized carbons (Fsp3) is 0.381. The van der Waals surface area contributed by atoms with Crippen LogP contribution in [0, 0.1) is 6.92 Å². The molecule has 0 bridgehead atoms. The number of aromatic nitrogens is 1. The molecule has 1 aliphatic heterocycles. The van der Waals surface area contributed by atoms with Crippen LogP contribution in [0.4, 0.5) is 5.69 Å². The van der Waals surface area contributed by atoms with Gasteiger partial charge in [0.05, 0.1) is 32.1 Å². The maximum Gasteiger partial charge on any atom is 0.257 e. The Morgan fingerprint density at radius 1 is 1.10 bits per heavy atom. The number of hydrogen-bond donors (Lipinski definition) is 1. The van der Waals surface area contributed by atoms with E-state index < -0.39 is 0 Å². The Bertz CT molecular complexity index is 875. The summed E-state index contributed by atoms with van der Waals surface area (Å²) in [6.07, 6.45) is 2.28. The molecule has 2 amide bonds. The van der Waals surface area contributed by atoms with Crippen molar-refractivity contribution in [1.82, 2.24) is 9.88 Å². The lowest BCUT2D eigenvalue weighted by Crippen LogP contribution is -2.33. The molecule has 29 heavy (non-hydrogen) atoms. The first kappa shape index (κ1) is 20.6. The predicted molar refractivity (Wildman–Crippen MR) is 108 cm³/mol. The zero-order chi connectivity index (χ0) is 20.8. The molecule has 2 heterocycles. The average Bonchev–Trinajstić information content (AvgIpc) is 3.02. The van der Waals surface area contributed by atoms with Crippen molar-refractivity contribution in [2.24, 2.45) is 0 Å². The van der Waals surface area contributed by atoms with Crippen LogP contribution in [0.1, 0.15) is 32.8 Å². The van der Waals surface area contributed by atoms with Crippen LogP contribution < -0.4 is 14.8 Å². The molecule has 1 saturated heterocycles. The van der Waals surface area contributed by atoms with E-state index in [9.17, 15) is 9.59 Å². The number of carbonyl (C=O) groups excluding carboxylic acids is 2. The second-order valence-electron chi connectivity index (χ2n) is 6.66. The third-order valence-electron chi connectivity index (χ3n) is 4.66. The summed E-state index contributed by atoms with van der Waals surface area (Å²) in [6.45, 7) is 4.12. The number of nitrogens with zero attached hydrogens (tertiary/aromatic N) is 2. The minimum Gasteiger partial charge on any atom is -0.493 e. The first-order valence-corrected chi connectivity index (χ1v) is 9.40. The Morgan fingerprint density at radius 3 is 2.62 bits per heavy atom. The number of aryl methyl sites for hydroxylation is 1. The van der Waals surface area contributed by atoms with Crippen molar-refractivity contribution in [1.29, 1.82) is 0 Å². The Labute approximate surface area is 169 Å². The van der Waals surface area contributed by atoms with Gasteiger partial charge in [-0.3, -0.25) is 14.6 Å². The van der Waals surface area contributed by atoms with Gasteiger partial charge < -0.3 is 24.4 Å². The SMILES string of the molecule is COc1cc(C(=O)N2CCCOCC2)cc(NC(=O)c2ccc(C)nc2)c1OC. The summed E-state index contributed by atoms with van der Waals surface area (Å²) in [7, 11) is 2.97. The summed E-state index contributed by atoms with van der Waals surface area (Å²) in [5.74, 6) is 0.202. The monoisotopic (exact) mass is 399 g/mol. The average molecular weight is 399 g/mol.